The molecule has 17 heavy (non-hydrogen) atoms. The van der Waals surface area contributed by atoms with Gasteiger partial charge >= 0.3 is 6.09 Å². The summed E-state index contributed by atoms with van der Waals surface area (Å²) in [4.78, 5) is 21.4. The molecule has 1 amide bonds. The van der Waals surface area contributed by atoms with Gasteiger partial charge in [0.15, 0.2) is 0 Å². The van der Waals surface area contributed by atoms with Crippen molar-refractivity contribution in [3.05, 3.63) is 22.7 Å². The van der Waals surface area contributed by atoms with Crippen molar-refractivity contribution in [2.45, 2.75) is 32.9 Å². The van der Waals surface area contributed by atoms with E-state index in [0.29, 0.717) is 19.5 Å². The molecule has 0 spiro atoms. The standard InChI is InChI=1S/C11H14ClN3O2/c1-7(2)17-11(16)15-4-3-9-8(6-15)5-13-10(12)14-9/h5,7H,3-4,6H2,1-2H3. The highest BCUT2D eigenvalue weighted by Crippen LogP contribution is 2.18. The van der Waals surface area contributed by atoms with Crippen molar-refractivity contribution in [1.82, 2.24) is 14.9 Å². The van der Waals surface area contributed by atoms with Gasteiger partial charge in [-0.15, -0.1) is 0 Å². The number of amides is 1. The molecule has 2 heterocycles. The maximum absolute atomic E-state index is 11.7. The molecule has 0 aliphatic carbocycles. The highest BCUT2D eigenvalue weighted by Gasteiger charge is 2.23. The highest BCUT2D eigenvalue weighted by atomic mass is 35.5. The molecule has 1 aliphatic rings. The summed E-state index contributed by atoms with van der Waals surface area (Å²) in [6.07, 6.45) is 1.95. The molecule has 0 radical (unpaired) electrons. The summed E-state index contributed by atoms with van der Waals surface area (Å²) in [5.41, 5.74) is 1.85. The monoisotopic (exact) mass is 255 g/mol. The van der Waals surface area contributed by atoms with Gasteiger partial charge in [0.05, 0.1) is 18.3 Å². The first-order valence-corrected chi connectivity index (χ1v) is 5.90. The van der Waals surface area contributed by atoms with Crippen LogP contribution < -0.4 is 0 Å². The normalized spacial score (nSPS) is 14.7. The summed E-state index contributed by atoms with van der Waals surface area (Å²) >= 11 is 5.72. The highest BCUT2D eigenvalue weighted by molar-refractivity contribution is 6.28. The lowest BCUT2D eigenvalue weighted by atomic mass is 10.1. The van der Waals surface area contributed by atoms with Crippen LogP contribution in [0.4, 0.5) is 4.79 Å². The third kappa shape index (κ3) is 2.85. The van der Waals surface area contributed by atoms with Crippen LogP contribution in [-0.4, -0.2) is 33.6 Å². The topological polar surface area (TPSA) is 55.3 Å². The van der Waals surface area contributed by atoms with E-state index in [1.54, 1.807) is 11.1 Å². The van der Waals surface area contributed by atoms with E-state index >= 15 is 0 Å². The summed E-state index contributed by atoms with van der Waals surface area (Å²) in [5, 5.41) is 0.252. The molecular weight excluding hydrogens is 242 g/mol. The SMILES string of the molecule is CC(C)OC(=O)N1CCc2nc(Cl)ncc2C1. The van der Waals surface area contributed by atoms with Gasteiger partial charge in [0.25, 0.3) is 0 Å². The van der Waals surface area contributed by atoms with Gasteiger partial charge in [-0.1, -0.05) is 0 Å². The van der Waals surface area contributed by atoms with E-state index in [0.717, 1.165) is 11.3 Å². The Hall–Kier alpha value is -1.36. The second-order valence-electron chi connectivity index (χ2n) is 4.22. The van der Waals surface area contributed by atoms with E-state index in [-0.39, 0.29) is 17.5 Å². The lowest BCUT2D eigenvalue weighted by molar-refractivity contribution is 0.0727. The number of rotatable bonds is 1. The Morgan fingerprint density at radius 2 is 2.35 bits per heavy atom. The van der Waals surface area contributed by atoms with Crippen LogP contribution in [0.15, 0.2) is 6.20 Å². The number of carbonyl (C=O) groups is 1. The van der Waals surface area contributed by atoms with Crippen LogP contribution >= 0.6 is 11.6 Å². The van der Waals surface area contributed by atoms with Crippen molar-refractivity contribution < 1.29 is 9.53 Å². The van der Waals surface area contributed by atoms with Crippen molar-refractivity contribution in [1.29, 1.82) is 0 Å². The number of halogens is 1. The molecule has 0 unspecified atom stereocenters. The van der Waals surface area contributed by atoms with Crippen molar-refractivity contribution in [3.8, 4) is 0 Å². The molecular formula is C11H14ClN3O2. The molecule has 0 saturated carbocycles. The van der Waals surface area contributed by atoms with Gasteiger partial charge in [-0.05, 0) is 25.4 Å². The van der Waals surface area contributed by atoms with Gasteiger partial charge in [0, 0.05) is 24.7 Å². The molecule has 0 N–H and O–H groups in total. The van der Waals surface area contributed by atoms with Crippen molar-refractivity contribution in [2.75, 3.05) is 6.54 Å². The second-order valence-corrected chi connectivity index (χ2v) is 4.55. The van der Waals surface area contributed by atoms with Crippen LogP contribution in [0.1, 0.15) is 25.1 Å². The number of hydrogen-bond acceptors (Lipinski definition) is 4. The third-order valence-corrected chi connectivity index (χ3v) is 2.68. The smallest absolute Gasteiger partial charge is 0.410 e. The number of nitrogens with zero attached hydrogens (tertiary/aromatic N) is 3. The molecule has 2 rings (SSSR count). The van der Waals surface area contributed by atoms with Gasteiger partial charge in [-0.2, -0.15) is 0 Å². The minimum absolute atomic E-state index is 0.106. The quantitative estimate of drug-likeness (QED) is 0.721. The predicted octanol–water partition coefficient (Wildman–Crippen LogP) is 2.03. The van der Waals surface area contributed by atoms with Crippen molar-refractivity contribution in [3.63, 3.8) is 0 Å². The molecule has 1 aliphatic heterocycles. The van der Waals surface area contributed by atoms with Crippen molar-refractivity contribution in [2.24, 2.45) is 0 Å². The molecule has 0 fully saturated rings. The van der Waals surface area contributed by atoms with E-state index in [2.05, 4.69) is 9.97 Å². The average molecular weight is 256 g/mol. The maximum atomic E-state index is 11.7. The number of ether oxygens (including phenoxy) is 1. The zero-order valence-electron chi connectivity index (χ0n) is 9.81. The Morgan fingerprint density at radius 1 is 1.59 bits per heavy atom. The van der Waals surface area contributed by atoms with Crippen LogP contribution in [0.2, 0.25) is 5.28 Å². The Bertz CT molecular complexity index is 437. The van der Waals surface area contributed by atoms with Crippen LogP contribution in [0.25, 0.3) is 0 Å². The fraction of sp³-hybridized carbons (Fsp3) is 0.545. The van der Waals surface area contributed by atoms with E-state index in [1.165, 1.54) is 0 Å². The van der Waals surface area contributed by atoms with Gasteiger partial charge < -0.3 is 9.64 Å². The van der Waals surface area contributed by atoms with Gasteiger partial charge in [-0.25, -0.2) is 14.8 Å². The minimum atomic E-state index is -0.291. The Kier molecular flexibility index (Phi) is 3.47. The van der Waals surface area contributed by atoms with Crippen LogP contribution in [-0.2, 0) is 17.7 Å². The van der Waals surface area contributed by atoms with E-state index in [1.807, 2.05) is 13.8 Å². The first kappa shape index (κ1) is 12.1. The Balaban J connectivity index is 2.08. The van der Waals surface area contributed by atoms with Crippen LogP contribution in [0.5, 0.6) is 0 Å². The lowest BCUT2D eigenvalue weighted by Gasteiger charge is -2.27. The van der Waals surface area contributed by atoms with Gasteiger partial charge in [0.1, 0.15) is 0 Å². The summed E-state index contributed by atoms with van der Waals surface area (Å²) in [5.74, 6) is 0. The van der Waals surface area contributed by atoms with Crippen LogP contribution in [0.3, 0.4) is 0 Å². The Morgan fingerprint density at radius 3 is 3.06 bits per heavy atom. The summed E-state index contributed by atoms with van der Waals surface area (Å²) < 4.78 is 5.15. The second kappa shape index (κ2) is 4.87. The summed E-state index contributed by atoms with van der Waals surface area (Å²) in [6.45, 7) is 4.75. The minimum Gasteiger partial charge on any atom is -0.447 e. The van der Waals surface area contributed by atoms with Crippen LogP contribution in [0, 0.1) is 0 Å². The first-order chi connectivity index (χ1) is 8.06. The number of aromatic nitrogens is 2. The lowest BCUT2D eigenvalue weighted by Crippen LogP contribution is -2.37. The molecule has 6 heteroatoms. The predicted molar refractivity (Wildman–Crippen MR) is 62.8 cm³/mol. The molecule has 1 aromatic rings. The zero-order chi connectivity index (χ0) is 12.4. The molecule has 0 bridgehead atoms. The fourth-order valence-corrected chi connectivity index (χ4v) is 1.87. The van der Waals surface area contributed by atoms with Gasteiger partial charge in [0.2, 0.25) is 5.28 Å². The Labute approximate surface area is 105 Å². The van der Waals surface area contributed by atoms with E-state index in [9.17, 15) is 4.79 Å². The molecule has 0 aromatic carbocycles. The van der Waals surface area contributed by atoms with E-state index in [4.69, 9.17) is 16.3 Å². The number of carbonyl (C=O) groups excluding carboxylic acids is 1. The van der Waals surface area contributed by atoms with E-state index < -0.39 is 0 Å². The average Bonchev–Trinajstić information content (AvgIpc) is 2.27. The van der Waals surface area contributed by atoms with Crippen molar-refractivity contribution >= 4 is 17.7 Å². The fourth-order valence-electron chi connectivity index (χ4n) is 1.72. The molecule has 1 aromatic heterocycles. The summed E-state index contributed by atoms with van der Waals surface area (Å²) in [7, 11) is 0. The largest absolute Gasteiger partial charge is 0.447 e. The molecule has 92 valence electrons. The first-order valence-electron chi connectivity index (χ1n) is 5.52. The number of hydrogen-bond donors (Lipinski definition) is 0. The maximum Gasteiger partial charge on any atom is 0.410 e. The van der Waals surface area contributed by atoms with Gasteiger partial charge in [-0.3, -0.25) is 0 Å². The molecule has 0 saturated heterocycles. The third-order valence-electron chi connectivity index (χ3n) is 2.50. The molecule has 0 atom stereocenters. The zero-order valence-corrected chi connectivity index (χ0v) is 10.6. The number of fused-ring (bicyclic) bond motifs is 1. The molecule has 5 nitrogen and oxygen atoms in total. The summed E-state index contributed by atoms with van der Waals surface area (Å²) in [6, 6.07) is 0.